The topological polar surface area (TPSA) is 162 Å². The Kier molecular flexibility index (Phi) is 7.90. The minimum atomic E-state index is -4.21. The van der Waals surface area contributed by atoms with Crippen LogP contribution in [0.15, 0.2) is 12.1 Å². The molecule has 0 aliphatic carbocycles. The van der Waals surface area contributed by atoms with Gasteiger partial charge in [0.25, 0.3) is 10.2 Å². The van der Waals surface area contributed by atoms with Crippen molar-refractivity contribution in [1.29, 1.82) is 0 Å². The first kappa shape index (κ1) is 22.2. The van der Waals surface area contributed by atoms with Gasteiger partial charge in [0.2, 0.25) is 0 Å². The molecule has 0 aromatic heterocycles. The van der Waals surface area contributed by atoms with Gasteiger partial charge >= 0.3 is 65.9 Å². The molecule has 0 unspecified atom stereocenters. The maximum absolute atomic E-state index is 11.2. The summed E-state index contributed by atoms with van der Waals surface area (Å²) in [6.07, 6.45) is 0.0692. The van der Waals surface area contributed by atoms with Crippen molar-refractivity contribution >= 4 is 28.6 Å². The number of carbonyl (C=O) groups is 1. The average molecular weight is 348 g/mol. The fourth-order valence-corrected chi connectivity index (χ4v) is 2.47. The zero-order chi connectivity index (χ0) is 15.1. The van der Waals surface area contributed by atoms with Gasteiger partial charge in [-0.25, -0.2) is 5.14 Å². The second-order valence-corrected chi connectivity index (χ2v) is 5.72. The first-order valence-corrected chi connectivity index (χ1v) is 7.11. The van der Waals surface area contributed by atoms with Crippen molar-refractivity contribution in [3.63, 3.8) is 0 Å². The van der Waals surface area contributed by atoms with Crippen LogP contribution in [0.4, 0.5) is 5.69 Å². The SMILES string of the molecule is NS(=O)(=O)Nc1ccc2c(c1C(=O)[O-])O[B-](O)(O)CC2.[Na+].[Na+]. The molecule has 110 valence electrons. The van der Waals surface area contributed by atoms with Crippen molar-refractivity contribution in [1.82, 2.24) is 0 Å². The molecule has 0 radical (unpaired) electrons. The van der Waals surface area contributed by atoms with Crippen molar-refractivity contribution in [2.24, 2.45) is 5.14 Å². The van der Waals surface area contributed by atoms with E-state index in [9.17, 15) is 28.4 Å². The minimum Gasteiger partial charge on any atom is -0.669 e. The van der Waals surface area contributed by atoms with E-state index < -0.39 is 28.5 Å². The van der Waals surface area contributed by atoms with Crippen molar-refractivity contribution < 1.29 is 92.1 Å². The van der Waals surface area contributed by atoms with E-state index in [0.29, 0.717) is 5.56 Å². The normalized spacial score (nSPS) is 15.4. The number of hydrogen-bond donors (Lipinski definition) is 4. The number of hydrogen-bond acceptors (Lipinski definition) is 7. The summed E-state index contributed by atoms with van der Waals surface area (Å²) in [7, 11) is -4.21. The molecule has 0 spiro atoms. The van der Waals surface area contributed by atoms with E-state index in [1.54, 1.807) is 4.72 Å². The van der Waals surface area contributed by atoms with Crippen molar-refractivity contribution in [3.05, 3.63) is 23.3 Å². The molecule has 1 heterocycles. The fraction of sp³-hybridized carbons (Fsp3) is 0.222. The van der Waals surface area contributed by atoms with Crippen LogP contribution in [0.2, 0.25) is 6.32 Å². The Morgan fingerprint density at radius 3 is 2.45 bits per heavy atom. The zero-order valence-electron chi connectivity index (χ0n) is 12.1. The van der Waals surface area contributed by atoms with Gasteiger partial charge in [-0.1, -0.05) is 12.4 Å². The van der Waals surface area contributed by atoms with Crippen LogP contribution in [0.3, 0.4) is 0 Å². The molecule has 0 amide bonds. The third-order valence-electron chi connectivity index (χ3n) is 2.79. The number of carboxylic acid groups (broad SMARTS) is 1. The summed E-state index contributed by atoms with van der Waals surface area (Å²) in [6.45, 7) is -3.19. The van der Waals surface area contributed by atoms with Crippen LogP contribution in [0, 0.1) is 0 Å². The largest absolute Gasteiger partial charge is 1.00 e. The van der Waals surface area contributed by atoms with Crippen LogP contribution in [-0.4, -0.2) is 31.2 Å². The van der Waals surface area contributed by atoms with E-state index >= 15 is 0 Å². The molecule has 9 nitrogen and oxygen atoms in total. The number of carbonyl (C=O) groups excluding carboxylic acids is 1. The molecule has 1 aliphatic heterocycles. The first-order valence-electron chi connectivity index (χ1n) is 5.56. The van der Waals surface area contributed by atoms with Crippen LogP contribution in [0.5, 0.6) is 5.75 Å². The number of anilines is 1. The first-order chi connectivity index (χ1) is 9.09. The van der Waals surface area contributed by atoms with Gasteiger partial charge in [-0.2, -0.15) is 8.42 Å². The summed E-state index contributed by atoms with van der Waals surface area (Å²) in [5, 5.41) is 34.9. The molecule has 0 bridgehead atoms. The summed E-state index contributed by atoms with van der Waals surface area (Å²) in [5.74, 6) is -2.07. The van der Waals surface area contributed by atoms with Crippen LogP contribution in [-0.2, 0) is 16.6 Å². The number of nitrogens with one attached hydrogen (secondary N) is 1. The third-order valence-corrected chi connectivity index (χ3v) is 3.30. The molecule has 2 rings (SSSR count). The fourth-order valence-electron chi connectivity index (χ4n) is 1.99. The summed E-state index contributed by atoms with van der Waals surface area (Å²) < 4.78 is 28.6. The molecule has 13 heteroatoms. The van der Waals surface area contributed by atoms with Crippen LogP contribution in [0.25, 0.3) is 0 Å². The quantitative estimate of drug-likeness (QED) is 0.394. The maximum Gasteiger partial charge on any atom is 1.00 e. The molecule has 0 saturated heterocycles. The van der Waals surface area contributed by atoms with Crippen molar-refractivity contribution in [3.8, 4) is 5.75 Å². The van der Waals surface area contributed by atoms with E-state index in [-0.39, 0.29) is 83.3 Å². The number of rotatable bonds is 3. The second-order valence-electron chi connectivity index (χ2n) is 4.43. The van der Waals surface area contributed by atoms with Crippen LogP contribution < -0.4 is 78.7 Å². The Balaban J connectivity index is 0.00000220. The van der Waals surface area contributed by atoms with Gasteiger partial charge in [0.15, 0.2) is 0 Å². The van der Waals surface area contributed by atoms with Gasteiger partial charge in [-0.3, -0.25) is 4.72 Å². The Morgan fingerprint density at radius 1 is 1.36 bits per heavy atom. The van der Waals surface area contributed by atoms with Crippen molar-refractivity contribution in [2.45, 2.75) is 12.7 Å². The summed E-state index contributed by atoms with van der Waals surface area (Å²) >= 11 is 0. The number of benzene rings is 1. The molecule has 1 aromatic rings. The Labute approximate surface area is 171 Å². The molecule has 5 N–H and O–H groups in total. The predicted octanol–water partition coefficient (Wildman–Crippen LogP) is -8.47. The second kappa shape index (κ2) is 7.84. The standard InChI is InChI=1S/C9H12BN2O7S.2Na/c11-20(17,18)12-6-2-1-5-3-4-10(15,16)19-8(5)7(6)9(13)14;;/h1-2,12,15-16H,3-4H2,(H,13,14)(H2,11,17,18);;/q-1;2*+1/p-1. The Hall–Kier alpha value is 0.185. The number of aromatic carboxylic acids is 1. The smallest absolute Gasteiger partial charge is 0.669 e. The number of nitrogens with two attached hydrogens (primary N) is 1. The van der Waals surface area contributed by atoms with Crippen LogP contribution in [0.1, 0.15) is 15.9 Å². The van der Waals surface area contributed by atoms with Gasteiger partial charge in [0.05, 0.1) is 23.0 Å². The van der Waals surface area contributed by atoms with E-state index in [0.717, 1.165) is 0 Å². The number of fused-ring (bicyclic) bond motifs is 1. The van der Waals surface area contributed by atoms with E-state index in [1.807, 2.05) is 0 Å². The van der Waals surface area contributed by atoms with Crippen molar-refractivity contribution in [2.75, 3.05) is 4.72 Å². The molecule has 1 aromatic carbocycles. The summed E-state index contributed by atoms with van der Waals surface area (Å²) in [4.78, 5) is 11.2. The molecule has 22 heavy (non-hydrogen) atoms. The predicted molar refractivity (Wildman–Crippen MR) is 66.8 cm³/mol. The summed E-state index contributed by atoms with van der Waals surface area (Å²) in [5.41, 5.74) is -0.616. The average Bonchev–Trinajstić information content (AvgIpc) is 2.24. The maximum atomic E-state index is 11.2. The molecule has 1 aliphatic rings. The number of carboxylic acids is 1. The molecule has 0 saturated carbocycles. The third kappa shape index (κ3) is 5.37. The number of aryl methyl sites for hydroxylation is 1. The van der Waals surface area contributed by atoms with Gasteiger partial charge in [0, 0.05) is 0 Å². The Morgan fingerprint density at radius 2 is 1.95 bits per heavy atom. The molecule has 0 atom stereocenters. The molecular weight excluding hydrogens is 337 g/mol. The van der Waals surface area contributed by atoms with Gasteiger partial charge in [-0.15, -0.1) is 0 Å². The Bertz CT molecular complexity index is 683. The van der Waals surface area contributed by atoms with Crippen LogP contribution >= 0.6 is 0 Å². The zero-order valence-corrected chi connectivity index (χ0v) is 16.9. The minimum absolute atomic E-state index is 0. The van der Waals surface area contributed by atoms with E-state index in [2.05, 4.69) is 0 Å². The van der Waals surface area contributed by atoms with Gasteiger partial charge in [0.1, 0.15) is 0 Å². The van der Waals surface area contributed by atoms with E-state index in [4.69, 9.17) is 9.79 Å². The van der Waals surface area contributed by atoms with Gasteiger partial charge in [-0.05, 0) is 18.1 Å². The monoisotopic (exact) mass is 348 g/mol. The van der Waals surface area contributed by atoms with E-state index in [1.165, 1.54) is 12.1 Å². The molecule has 0 fully saturated rings. The molecular formula is C9H11BN2Na2O7S. The van der Waals surface area contributed by atoms with Gasteiger partial charge < -0.3 is 24.6 Å². The summed E-state index contributed by atoms with van der Waals surface area (Å²) in [6, 6.07) is 2.59.